The smallest absolute Gasteiger partial charge is 0.244 e. The van der Waals surface area contributed by atoms with Crippen LogP contribution < -0.4 is 10.6 Å². The summed E-state index contributed by atoms with van der Waals surface area (Å²) in [5.74, 6) is 2.65. The molecule has 0 aromatic rings. The van der Waals surface area contributed by atoms with Gasteiger partial charge in [0.2, 0.25) is 11.8 Å². The number of carbonyl (C=O) groups is 2. The van der Waals surface area contributed by atoms with Gasteiger partial charge < -0.3 is 20.4 Å². The molecule has 1 heterocycles. The van der Waals surface area contributed by atoms with E-state index in [1.54, 1.807) is 0 Å². The first kappa shape index (κ1) is 31.9. The Morgan fingerprint density at radius 1 is 0.571 bits per heavy atom. The van der Waals surface area contributed by atoms with E-state index in [2.05, 4.69) is 75.8 Å². The normalized spacial score (nSPS) is 19.0. The van der Waals surface area contributed by atoms with Crippen molar-refractivity contribution in [1.29, 1.82) is 0 Å². The maximum atomic E-state index is 12.8. The van der Waals surface area contributed by atoms with Crippen molar-refractivity contribution in [3.8, 4) is 0 Å². The van der Waals surface area contributed by atoms with Crippen molar-refractivity contribution in [2.45, 2.75) is 112 Å². The van der Waals surface area contributed by atoms with Crippen LogP contribution in [-0.2, 0) is 9.59 Å². The Kier molecular flexibility index (Phi) is 15.8. The molecule has 35 heavy (non-hydrogen) atoms. The third kappa shape index (κ3) is 14.9. The van der Waals surface area contributed by atoms with Crippen LogP contribution >= 0.6 is 0 Å². The third-order valence-electron chi connectivity index (χ3n) is 7.01. The number of hydrogen-bond acceptors (Lipinski definition) is 4. The Labute approximate surface area is 217 Å². The van der Waals surface area contributed by atoms with Crippen LogP contribution in [0, 0.1) is 23.7 Å². The Bertz CT molecular complexity index is 567. The number of amides is 2. The fourth-order valence-electron chi connectivity index (χ4n) is 4.34. The van der Waals surface area contributed by atoms with E-state index in [4.69, 9.17) is 0 Å². The van der Waals surface area contributed by atoms with E-state index in [1.807, 2.05) is 0 Å². The minimum Gasteiger partial charge on any atom is -0.342 e. The topological polar surface area (TPSA) is 64.7 Å². The lowest BCUT2D eigenvalue weighted by molar-refractivity contribution is -0.137. The molecule has 6 nitrogen and oxygen atoms in total. The standard InChI is InChI=1S/C29H58N4O2/c1-22(2)12-17-32(18-13-23(3)4)16-10-9-11-26-28(34)31-27(29(35)30-26)21-33(19-14-24(5)6)20-15-25(7)8/h22-27H,9-21H2,1-8H3,(H,30,35)(H,31,34). The van der Waals surface area contributed by atoms with Crippen molar-refractivity contribution < 1.29 is 9.59 Å². The first-order valence-electron chi connectivity index (χ1n) is 14.5. The van der Waals surface area contributed by atoms with Gasteiger partial charge in [-0.1, -0.05) is 55.4 Å². The van der Waals surface area contributed by atoms with Gasteiger partial charge in [0.1, 0.15) is 12.1 Å². The van der Waals surface area contributed by atoms with Crippen LogP contribution in [0.4, 0.5) is 0 Å². The zero-order valence-electron chi connectivity index (χ0n) is 24.4. The highest BCUT2D eigenvalue weighted by atomic mass is 16.2. The van der Waals surface area contributed by atoms with E-state index < -0.39 is 12.1 Å². The molecule has 0 aliphatic carbocycles. The Morgan fingerprint density at radius 2 is 0.971 bits per heavy atom. The van der Waals surface area contributed by atoms with Gasteiger partial charge >= 0.3 is 0 Å². The van der Waals surface area contributed by atoms with Crippen molar-refractivity contribution >= 4 is 11.8 Å². The van der Waals surface area contributed by atoms with Crippen LogP contribution in [0.1, 0.15) is 100 Å². The van der Waals surface area contributed by atoms with Crippen LogP contribution in [-0.4, -0.2) is 73.0 Å². The minimum absolute atomic E-state index is 0.0151. The molecule has 1 aliphatic rings. The van der Waals surface area contributed by atoms with Crippen molar-refractivity contribution in [1.82, 2.24) is 20.4 Å². The molecule has 1 rings (SSSR count). The van der Waals surface area contributed by atoms with E-state index in [0.717, 1.165) is 76.7 Å². The highest BCUT2D eigenvalue weighted by Gasteiger charge is 2.34. The van der Waals surface area contributed by atoms with Crippen LogP contribution in [0.5, 0.6) is 0 Å². The van der Waals surface area contributed by atoms with Gasteiger partial charge in [-0.3, -0.25) is 9.59 Å². The molecule has 1 aliphatic heterocycles. The van der Waals surface area contributed by atoms with Gasteiger partial charge in [-0.2, -0.15) is 0 Å². The van der Waals surface area contributed by atoms with Crippen molar-refractivity contribution in [3.63, 3.8) is 0 Å². The summed E-state index contributed by atoms with van der Waals surface area (Å²) in [5.41, 5.74) is 0. The number of nitrogens with zero attached hydrogens (tertiary/aromatic N) is 2. The van der Waals surface area contributed by atoms with Crippen molar-refractivity contribution in [2.24, 2.45) is 23.7 Å². The van der Waals surface area contributed by atoms with Gasteiger partial charge in [-0.05, 0) is 101 Å². The number of rotatable bonds is 19. The zero-order valence-corrected chi connectivity index (χ0v) is 24.4. The predicted molar refractivity (Wildman–Crippen MR) is 148 cm³/mol. The lowest BCUT2D eigenvalue weighted by Crippen LogP contribution is -2.64. The van der Waals surface area contributed by atoms with Crippen molar-refractivity contribution in [2.75, 3.05) is 39.3 Å². The molecule has 0 aromatic heterocycles. The van der Waals surface area contributed by atoms with Crippen LogP contribution in [0.3, 0.4) is 0 Å². The van der Waals surface area contributed by atoms with Gasteiger partial charge in [-0.25, -0.2) is 0 Å². The van der Waals surface area contributed by atoms with Gasteiger partial charge in [0.15, 0.2) is 0 Å². The van der Waals surface area contributed by atoms with Gasteiger partial charge in [0, 0.05) is 6.54 Å². The molecule has 1 saturated heterocycles. The van der Waals surface area contributed by atoms with Gasteiger partial charge in [0.05, 0.1) is 0 Å². The summed E-state index contributed by atoms with van der Waals surface area (Å²) in [7, 11) is 0. The Balaban J connectivity index is 2.49. The summed E-state index contributed by atoms with van der Waals surface area (Å²) >= 11 is 0. The lowest BCUT2D eigenvalue weighted by atomic mass is 10.0. The molecule has 2 unspecified atom stereocenters. The Hall–Kier alpha value is -1.14. The first-order chi connectivity index (χ1) is 16.5. The second kappa shape index (κ2) is 17.3. The van der Waals surface area contributed by atoms with Crippen LogP contribution in [0.2, 0.25) is 0 Å². The van der Waals surface area contributed by atoms with Gasteiger partial charge in [-0.15, -0.1) is 0 Å². The molecule has 2 amide bonds. The number of hydrogen-bond donors (Lipinski definition) is 2. The molecule has 2 atom stereocenters. The zero-order chi connectivity index (χ0) is 26.4. The summed E-state index contributed by atoms with van der Waals surface area (Å²) < 4.78 is 0. The summed E-state index contributed by atoms with van der Waals surface area (Å²) in [6.45, 7) is 24.0. The van der Waals surface area contributed by atoms with Crippen molar-refractivity contribution in [3.05, 3.63) is 0 Å². The third-order valence-corrected chi connectivity index (χ3v) is 7.01. The maximum Gasteiger partial charge on any atom is 0.244 e. The summed E-state index contributed by atoms with van der Waals surface area (Å²) in [5, 5.41) is 6.06. The summed E-state index contributed by atoms with van der Waals surface area (Å²) in [4.78, 5) is 30.6. The fraction of sp³-hybridized carbons (Fsp3) is 0.931. The maximum absolute atomic E-state index is 12.8. The fourth-order valence-corrected chi connectivity index (χ4v) is 4.34. The molecular weight excluding hydrogens is 436 g/mol. The molecule has 6 heteroatoms. The monoisotopic (exact) mass is 494 g/mol. The first-order valence-corrected chi connectivity index (χ1v) is 14.5. The molecule has 206 valence electrons. The predicted octanol–water partition coefficient (Wildman–Crippen LogP) is 4.93. The summed E-state index contributed by atoms with van der Waals surface area (Å²) in [6.07, 6.45) is 7.41. The molecular formula is C29H58N4O2. The van der Waals surface area contributed by atoms with Gasteiger partial charge in [0.25, 0.3) is 0 Å². The van der Waals surface area contributed by atoms with E-state index in [0.29, 0.717) is 18.4 Å². The van der Waals surface area contributed by atoms with E-state index in [1.165, 1.54) is 12.8 Å². The number of unbranched alkanes of at least 4 members (excludes halogenated alkanes) is 1. The molecule has 0 aromatic carbocycles. The van der Waals surface area contributed by atoms with E-state index in [-0.39, 0.29) is 11.8 Å². The molecule has 1 fully saturated rings. The quantitative estimate of drug-likeness (QED) is 0.250. The molecule has 0 saturated carbocycles. The number of carbonyl (C=O) groups excluding carboxylic acids is 2. The summed E-state index contributed by atoms with van der Waals surface area (Å²) in [6, 6.07) is -0.834. The molecule has 0 radical (unpaired) electrons. The average molecular weight is 495 g/mol. The van der Waals surface area contributed by atoms with E-state index in [9.17, 15) is 9.59 Å². The molecule has 0 spiro atoms. The number of nitrogens with one attached hydrogen (secondary N) is 2. The average Bonchev–Trinajstić information content (AvgIpc) is 2.76. The molecule has 0 bridgehead atoms. The highest BCUT2D eigenvalue weighted by Crippen LogP contribution is 2.12. The van der Waals surface area contributed by atoms with Crippen LogP contribution in [0.15, 0.2) is 0 Å². The largest absolute Gasteiger partial charge is 0.342 e. The second-order valence-corrected chi connectivity index (χ2v) is 12.5. The highest BCUT2D eigenvalue weighted by molar-refractivity contribution is 5.97. The second-order valence-electron chi connectivity index (χ2n) is 12.5. The lowest BCUT2D eigenvalue weighted by Gasteiger charge is -2.34. The SMILES string of the molecule is CC(C)CCN(CCCCC1NC(=O)C(CN(CCC(C)C)CCC(C)C)NC1=O)CCC(C)C. The van der Waals surface area contributed by atoms with E-state index >= 15 is 0 Å². The number of piperazine rings is 1. The van der Waals surface area contributed by atoms with Crippen LogP contribution in [0.25, 0.3) is 0 Å². The Morgan fingerprint density at radius 3 is 1.43 bits per heavy atom. The molecule has 2 N–H and O–H groups in total. The minimum atomic E-state index is -0.444.